The van der Waals surface area contributed by atoms with Crippen molar-refractivity contribution in [2.45, 2.75) is 38.5 Å². The first kappa shape index (κ1) is 17.9. The molecule has 120 valence electrons. The number of nitrogen functional groups attached to an aromatic ring is 1. The fraction of sp³-hybridized carbons (Fsp3) is 0.571. The second kappa shape index (κ2) is 6.72. The van der Waals surface area contributed by atoms with Crippen LogP contribution in [0, 0.1) is 18.2 Å². The van der Waals surface area contributed by atoms with Crippen molar-refractivity contribution in [2.24, 2.45) is 5.41 Å². The quantitative estimate of drug-likeness (QED) is 0.668. The second-order valence-corrected chi connectivity index (χ2v) is 7.70. The Morgan fingerprint density at radius 1 is 1.38 bits per heavy atom. The van der Waals surface area contributed by atoms with Crippen molar-refractivity contribution in [1.29, 1.82) is 0 Å². The number of hydrogen-bond acceptors (Lipinski definition) is 4. The van der Waals surface area contributed by atoms with Crippen molar-refractivity contribution in [3.8, 4) is 0 Å². The van der Waals surface area contributed by atoms with E-state index in [2.05, 4.69) is 4.72 Å². The van der Waals surface area contributed by atoms with E-state index in [9.17, 15) is 12.8 Å². The van der Waals surface area contributed by atoms with Crippen LogP contribution in [0.4, 0.5) is 10.1 Å². The number of rotatable bonds is 7. The van der Waals surface area contributed by atoms with Crippen molar-refractivity contribution >= 4 is 15.7 Å². The number of nitrogens with one attached hydrogen (secondary N) is 1. The van der Waals surface area contributed by atoms with Crippen LogP contribution in [0.3, 0.4) is 0 Å². The van der Waals surface area contributed by atoms with E-state index in [1.54, 1.807) is 0 Å². The van der Waals surface area contributed by atoms with Gasteiger partial charge in [0.05, 0.1) is 4.90 Å². The molecule has 0 aliphatic carbocycles. The molecule has 0 fully saturated rings. The van der Waals surface area contributed by atoms with Gasteiger partial charge in [0.1, 0.15) is 5.82 Å². The molecule has 0 saturated heterocycles. The summed E-state index contributed by atoms with van der Waals surface area (Å²) in [4.78, 5) is -0.180. The minimum Gasteiger partial charge on any atom is -0.398 e. The third-order valence-corrected chi connectivity index (χ3v) is 4.80. The maximum Gasteiger partial charge on any atom is 0.240 e. The van der Waals surface area contributed by atoms with Gasteiger partial charge in [-0.15, -0.1) is 0 Å². The standard InChI is InChI=1S/C14H23FN2O3S/c1-10-12(15)7-11(8-13(10)16)21(19,20)17-9-14(2,3)5-4-6-18/h7-8,17-18H,4-6,9,16H2,1-3H3. The summed E-state index contributed by atoms with van der Waals surface area (Å²) in [5.41, 5.74) is 5.64. The molecule has 0 aliphatic heterocycles. The molecule has 0 amide bonds. The number of sulfonamides is 1. The fourth-order valence-electron chi connectivity index (χ4n) is 1.85. The molecule has 5 nitrogen and oxygen atoms in total. The molecule has 0 spiro atoms. The summed E-state index contributed by atoms with van der Waals surface area (Å²) in [6, 6.07) is 2.22. The summed E-state index contributed by atoms with van der Waals surface area (Å²) < 4.78 is 40.4. The van der Waals surface area contributed by atoms with Crippen molar-refractivity contribution in [3.63, 3.8) is 0 Å². The van der Waals surface area contributed by atoms with Gasteiger partial charge < -0.3 is 10.8 Å². The normalized spacial score (nSPS) is 12.6. The Hall–Kier alpha value is -1.18. The lowest BCUT2D eigenvalue weighted by molar-refractivity contribution is 0.242. The SMILES string of the molecule is Cc1c(N)cc(S(=O)(=O)NCC(C)(C)CCCO)cc1F. The molecule has 0 atom stereocenters. The average Bonchev–Trinajstić information content (AvgIpc) is 2.40. The van der Waals surface area contributed by atoms with Crippen LogP contribution >= 0.6 is 0 Å². The van der Waals surface area contributed by atoms with E-state index in [1.807, 2.05) is 13.8 Å². The van der Waals surface area contributed by atoms with Crippen molar-refractivity contribution in [1.82, 2.24) is 4.72 Å². The molecule has 0 bridgehead atoms. The molecular formula is C14H23FN2O3S. The van der Waals surface area contributed by atoms with Gasteiger partial charge in [-0.1, -0.05) is 13.8 Å². The Balaban J connectivity index is 2.88. The third-order valence-electron chi connectivity index (χ3n) is 3.42. The molecular weight excluding hydrogens is 295 g/mol. The van der Waals surface area contributed by atoms with Gasteiger partial charge in [0.15, 0.2) is 0 Å². The molecule has 7 heteroatoms. The van der Waals surface area contributed by atoms with Gasteiger partial charge in [0.25, 0.3) is 0 Å². The molecule has 0 heterocycles. The van der Waals surface area contributed by atoms with Crippen LogP contribution in [0.2, 0.25) is 0 Å². The lowest BCUT2D eigenvalue weighted by atomic mass is 9.88. The maximum atomic E-state index is 13.6. The molecule has 0 unspecified atom stereocenters. The minimum atomic E-state index is -3.81. The van der Waals surface area contributed by atoms with Crippen LogP contribution in [0.1, 0.15) is 32.3 Å². The van der Waals surface area contributed by atoms with Crippen LogP contribution < -0.4 is 10.5 Å². The second-order valence-electron chi connectivity index (χ2n) is 5.94. The van der Waals surface area contributed by atoms with E-state index < -0.39 is 15.8 Å². The summed E-state index contributed by atoms with van der Waals surface area (Å²) >= 11 is 0. The predicted octanol–water partition coefficient (Wildman–Crippen LogP) is 1.79. The highest BCUT2D eigenvalue weighted by Crippen LogP contribution is 2.24. The average molecular weight is 318 g/mol. The zero-order valence-electron chi connectivity index (χ0n) is 12.6. The number of nitrogens with two attached hydrogens (primary N) is 1. The summed E-state index contributed by atoms with van der Waals surface area (Å²) in [5, 5.41) is 8.83. The van der Waals surface area contributed by atoms with Crippen LogP contribution in [0.5, 0.6) is 0 Å². The first-order valence-electron chi connectivity index (χ1n) is 6.75. The monoisotopic (exact) mass is 318 g/mol. The Kier molecular flexibility index (Phi) is 5.72. The van der Waals surface area contributed by atoms with Crippen LogP contribution in [0.25, 0.3) is 0 Å². The van der Waals surface area contributed by atoms with Crippen molar-refractivity contribution in [2.75, 3.05) is 18.9 Å². The first-order valence-corrected chi connectivity index (χ1v) is 8.23. The number of benzene rings is 1. The fourth-order valence-corrected chi connectivity index (χ4v) is 3.14. The van der Waals surface area contributed by atoms with Gasteiger partial charge >= 0.3 is 0 Å². The number of aliphatic hydroxyl groups is 1. The summed E-state index contributed by atoms with van der Waals surface area (Å²) in [5.74, 6) is -0.644. The minimum absolute atomic E-state index is 0.0654. The maximum absolute atomic E-state index is 13.6. The van der Waals surface area contributed by atoms with E-state index >= 15 is 0 Å². The van der Waals surface area contributed by atoms with Crippen LogP contribution in [-0.4, -0.2) is 26.7 Å². The summed E-state index contributed by atoms with van der Waals surface area (Å²) in [7, 11) is -3.81. The predicted molar refractivity (Wildman–Crippen MR) is 80.8 cm³/mol. The van der Waals surface area contributed by atoms with Gasteiger partial charge in [-0.2, -0.15) is 0 Å². The molecule has 4 N–H and O–H groups in total. The van der Waals surface area contributed by atoms with Gasteiger partial charge in [-0.05, 0) is 37.3 Å². The highest BCUT2D eigenvalue weighted by molar-refractivity contribution is 7.89. The zero-order chi connectivity index (χ0) is 16.3. The molecule has 0 saturated carbocycles. The first-order chi connectivity index (χ1) is 9.59. The van der Waals surface area contributed by atoms with E-state index in [0.29, 0.717) is 12.8 Å². The Morgan fingerprint density at radius 3 is 2.52 bits per heavy atom. The van der Waals surface area contributed by atoms with Crippen molar-refractivity contribution < 1.29 is 17.9 Å². The number of halogens is 1. The zero-order valence-corrected chi connectivity index (χ0v) is 13.4. The highest BCUT2D eigenvalue weighted by Gasteiger charge is 2.23. The number of aliphatic hydroxyl groups excluding tert-OH is 1. The largest absolute Gasteiger partial charge is 0.398 e. The molecule has 1 aromatic rings. The van der Waals surface area contributed by atoms with E-state index in [1.165, 1.54) is 13.0 Å². The molecule has 1 aromatic carbocycles. The van der Waals surface area contributed by atoms with Gasteiger partial charge in [0, 0.05) is 24.4 Å². The van der Waals surface area contributed by atoms with Gasteiger partial charge in [-0.25, -0.2) is 17.5 Å². The number of anilines is 1. The van der Waals surface area contributed by atoms with Crippen molar-refractivity contribution in [3.05, 3.63) is 23.5 Å². The lowest BCUT2D eigenvalue weighted by Gasteiger charge is -2.24. The van der Waals surface area contributed by atoms with Crippen LogP contribution in [-0.2, 0) is 10.0 Å². The van der Waals surface area contributed by atoms with E-state index in [0.717, 1.165) is 6.07 Å². The van der Waals surface area contributed by atoms with E-state index in [4.69, 9.17) is 10.8 Å². The van der Waals surface area contributed by atoms with E-state index in [-0.39, 0.29) is 34.7 Å². The van der Waals surface area contributed by atoms with Gasteiger partial charge in [0.2, 0.25) is 10.0 Å². The molecule has 21 heavy (non-hydrogen) atoms. The topological polar surface area (TPSA) is 92.4 Å². The smallest absolute Gasteiger partial charge is 0.240 e. The molecule has 1 rings (SSSR count). The van der Waals surface area contributed by atoms with Crippen LogP contribution in [0.15, 0.2) is 17.0 Å². The molecule has 0 radical (unpaired) electrons. The third kappa shape index (κ3) is 4.94. The number of hydrogen-bond donors (Lipinski definition) is 3. The Labute approximate surface area is 125 Å². The summed E-state index contributed by atoms with van der Waals surface area (Å²) in [6.07, 6.45) is 1.28. The summed E-state index contributed by atoms with van der Waals surface area (Å²) in [6.45, 7) is 5.55. The van der Waals surface area contributed by atoms with Gasteiger partial charge in [-0.3, -0.25) is 0 Å². The Bertz CT molecular complexity index is 577. The Morgan fingerprint density at radius 2 is 2.00 bits per heavy atom. The molecule has 0 aliphatic rings. The lowest BCUT2D eigenvalue weighted by Crippen LogP contribution is -2.34. The highest BCUT2D eigenvalue weighted by atomic mass is 32.2. The molecule has 0 aromatic heterocycles.